The number of morpholine rings is 1. The molecule has 1 aromatic heterocycles. The normalized spacial score (nSPS) is 16.3. The Kier molecular flexibility index (Phi) is 9.59. The van der Waals surface area contributed by atoms with Crippen LogP contribution in [-0.2, 0) is 32.3 Å². The molecule has 1 aliphatic rings. The fourth-order valence-corrected chi connectivity index (χ4v) is 5.64. The number of halogens is 4. The summed E-state index contributed by atoms with van der Waals surface area (Å²) in [7, 11) is -4.12. The maximum atomic E-state index is 15.1. The van der Waals surface area contributed by atoms with Crippen LogP contribution in [0.2, 0.25) is 0 Å². The molecule has 1 aliphatic heterocycles. The molecule has 3 aromatic rings. The fourth-order valence-electron chi connectivity index (χ4n) is 4.82. The van der Waals surface area contributed by atoms with E-state index < -0.39 is 56.1 Å². The van der Waals surface area contributed by atoms with Gasteiger partial charge in [-0.3, -0.25) is 24.3 Å². The van der Waals surface area contributed by atoms with Crippen molar-refractivity contribution in [2.75, 3.05) is 45.6 Å². The number of ether oxygens (including phenoxy) is 1. The number of amides is 1. The van der Waals surface area contributed by atoms with E-state index in [0.717, 1.165) is 49.3 Å². The number of aromatic nitrogens is 2. The minimum Gasteiger partial charge on any atom is -0.379 e. The molecule has 43 heavy (non-hydrogen) atoms. The molecule has 234 valence electrons. The van der Waals surface area contributed by atoms with Crippen molar-refractivity contribution < 1.29 is 40.7 Å². The lowest BCUT2D eigenvalue weighted by atomic mass is 10.0. The standard InChI is InChI=1S/C28H32F4N4O6S/c1-27(43(2,40)41,17-36(39)26(38)28(30,31)32)8-10-35-18-33-24-16-20(4-6-22(24)25(35)37)21-5-3-19(15-23(21)29)7-9-34-11-13-42-14-12-34/h3-6,15-16,18,39H,7-14,17H2,1-2H3/t27-/m1/s1. The van der Waals surface area contributed by atoms with Crippen LogP contribution in [0, 0.1) is 5.82 Å². The summed E-state index contributed by atoms with van der Waals surface area (Å²) < 4.78 is 82.5. The van der Waals surface area contributed by atoms with Crippen molar-refractivity contribution in [3.8, 4) is 11.1 Å². The molecule has 10 nitrogen and oxygen atoms in total. The monoisotopic (exact) mass is 628 g/mol. The van der Waals surface area contributed by atoms with Crippen LogP contribution in [-0.4, -0.2) is 95.6 Å². The largest absolute Gasteiger partial charge is 0.473 e. The van der Waals surface area contributed by atoms with E-state index in [0.29, 0.717) is 30.8 Å². The van der Waals surface area contributed by atoms with Gasteiger partial charge in [0.05, 0.1) is 41.7 Å². The summed E-state index contributed by atoms with van der Waals surface area (Å²) >= 11 is 0. The molecule has 15 heteroatoms. The topological polar surface area (TPSA) is 122 Å². The van der Waals surface area contributed by atoms with Gasteiger partial charge in [-0.1, -0.05) is 18.2 Å². The van der Waals surface area contributed by atoms with Crippen molar-refractivity contribution in [3.63, 3.8) is 0 Å². The number of carbonyl (C=O) groups excluding carboxylic acids is 1. The van der Waals surface area contributed by atoms with Crippen LogP contribution >= 0.6 is 0 Å². The van der Waals surface area contributed by atoms with Gasteiger partial charge in [0.15, 0.2) is 9.84 Å². The van der Waals surface area contributed by atoms with Gasteiger partial charge in [0, 0.05) is 38.0 Å². The maximum Gasteiger partial charge on any atom is 0.473 e. The van der Waals surface area contributed by atoms with E-state index in [9.17, 15) is 36.4 Å². The second-order valence-electron chi connectivity index (χ2n) is 10.8. The number of benzene rings is 2. The van der Waals surface area contributed by atoms with Gasteiger partial charge >= 0.3 is 12.1 Å². The molecule has 0 bridgehead atoms. The number of rotatable bonds is 10. The number of hydrogen-bond donors (Lipinski definition) is 1. The molecule has 0 radical (unpaired) electrons. The highest BCUT2D eigenvalue weighted by Crippen LogP contribution is 2.28. The number of carbonyl (C=O) groups is 1. The second-order valence-corrected chi connectivity index (χ2v) is 13.4. The average Bonchev–Trinajstić information content (AvgIpc) is 2.94. The lowest BCUT2D eigenvalue weighted by molar-refractivity contribution is -0.216. The SMILES string of the molecule is C[C@@](CCn1cnc2cc(-c3ccc(CCN4CCOCC4)cc3F)ccc2c1=O)(CN(O)C(=O)C(F)(F)F)S(C)(=O)=O. The number of sulfone groups is 1. The Labute approximate surface area is 245 Å². The van der Waals surface area contributed by atoms with Gasteiger partial charge in [0.25, 0.3) is 5.56 Å². The molecule has 1 fully saturated rings. The number of fused-ring (bicyclic) bond motifs is 1. The molecular formula is C28H32F4N4O6S. The molecule has 0 spiro atoms. The van der Waals surface area contributed by atoms with Crippen molar-refractivity contribution in [1.29, 1.82) is 0 Å². The molecule has 0 unspecified atom stereocenters. The van der Waals surface area contributed by atoms with E-state index >= 15 is 4.39 Å². The van der Waals surface area contributed by atoms with Crippen LogP contribution < -0.4 is 5.56 Å². The van der Waals surface area contributed by atoms with Gasteiger partial charge in [-0.2, -0.15) is 13.2 Å². The molecule has 1 N–H and O–H groups in total. The summed E-state index contributed by atoms with van der Waals surface area (Å²) in [4.78, 5) is 31.0. The Morgan fingerprint density at radius 2 is 1.81 bits per heavy atom. The highest BCUT2D eigenvalue weighted by atomic mass is 32.2. The molecule has 2 aromatic carbocycles. The van der Waals surface area contributed by atoms with Gasteiger partial charge < -0.3 is 4.74 Å². The minimum absolute atomic E-state index is 0.158. The Morgan fingerprint density at radius 1 is 1.12 bits per heavy atom. The number of aryl methyl sites for hydroxylation is 1. The lowest BCUT2D eigenvalue weighted by Crippen LogP contribution is -2.51. The summed E-state index contributed by atoms with van der Waals surface area (Å²) in [6, 6.07) is 9.60. The second kappa shape index (κ2) is 12.7. The van der Waals surface area contributed by atoms with E-state index in [4.69, 9.17) is 4.74 Å². The van der Waals surface area contributed by atoms with Crippen molar-refractivity contribution in [2.45, 2.75) is 37.2 Å². The highest BCUT2D eigenvalue weighted by Gasteiger charge is 2.46. The number of nitrogens with zero attached hydrogens (tertiary/aromatic N) is 4. The van der Waals surface area contributed by atoms with Gasteiger partial charge in [-0.05, 0) is 49.1 Å². The van der Waals surface area contributed by atoms with E-state index in [1.165, 1.54) is 12.1 Å². The lowest BCUT2D eigenvalue weighted by Gasteiger charge is -2.31. The summed E-state index contributed by atoms with van der Waals surface area (Å²) in [5.41, 5.74) is 1.38. The third-order valence-corrected chi connectivity index (χ3v) is 9.85. The fraction of sp³-hybridized carbons (Fsp3) is 0.464. The average molecular weight is 629 g/mol. The van der Waals surface area contributed by atoms with Crippen LogP contribution in [0.1, 0.15) is 18.9 Å². The zero-order chi connectivity index (χ0) is 31.6. The summed E-state index contributed by atoms with van der Waals surface area (Å²) in [5.74, 6) is -3.03. The Bertz CT molecular complexity index is 1660. The first-order valence-electron chi connectivity index (χ1n) is 13.4. The zero-order valence-corrected chi connectivity index (χ0v) is 24.4. The van der Waals surface area contributed by atoms with Crippen LogP contribution in [0.25, 0.3) is 22.0 Å². The third kappa shape index (κ3) is 7.58. The first-order valence-corrected chi connectivity index (χ1v) is 15.3. The predicted octanol–water partition coefficient (Wildman–Crippen LogP) is 3.05. The minimum atomic E-state index is -5.40. The van der Waals surface area contributed by atoms with Crippen LogP contribution in [0.4, 0.5) is 17.6 Å². The molecule has 1 saturated heterocycles. The van der Waals surface area contributed by atoms with Crippen molar-refractivity contribution >= 4 is 26.6 Å². The van der Waals surface area contributed by atoms with Crippen molar-refractivity contribution in [1.82, 2.24) is 19.5 Å². The quantitative estimate of drug-likeness (QED) is 0.207. The molecule has 0 aliphatic carbocycles. The molecule has 2 heterocycles. The predicted molar refractivity (Wildman–Crippen MR) is 150 cm³/mol. The zero-order valence-electron chi connectivity index (χ0n) is 23.6. The highest BCUT2D eigenvalue weighted by molar-refractivity contribution is 7.92. The number of hydroxylamine groups is 2. The summed E-state index contributed by atoms with van der Waals surface area (Å²) in [6.07, 6.45) is -3.22. The Morgan fingerprint density at radius 3 is 2.44 bits per heavy atom. The van der Waals surface area contributed by atoms with Crippen molar-refractivity contribution in [3.05, 3.63) is 64.5 Å². The first kappa shape index (κ1) is 32.5. The van der Waals surface area contributed by atoms with Crippen LogP contribution in [0.3, 0.4) is 0 Å². The first-order chi connectivity index (χ1) is 20.1. The number of alkyl halides is 3. The van der Waals surface area contributed by atoms with Gasteiger partial charge in [-0.15, -0.1) is 0 Å². The van der Waals surface area contributed by atoms with Crippen LogP contribution in [0.15, 0.2) is 47.5 Å². The molecule has 1 amide bonds. The van der Waals surface area contributed by atoms with Gasteiger partial charge in [-0.25, -0.2) is 22.9 Å². The molecule has 4 rings (SSSR count). The van der Waals surface area contributed by atoms with E-state index in [-0.39, 0.29) is 17.4 Å². The Balaban J connectivity index is 1.50. The molecule has 1 atom stereocenters. The number of hydrogen-bond acceptors (Lipinski definition) is 8. The summed E-state index contributed by atoms with van der Waals surface area (Å²) in [5, 5.41) is 9.14. The Hall–Kier alpha value is -3.40. The van der Waals surface area contributed by atoms with Crippen molar-refractivity contribution in [2.24, 2.45) is 0 Å². The third-order valence-electron chi connectivity index (χ3n) is 7.73. The van der Waals surface area contributed by atoms with Crippen LogP contribution in [0.5, 0.6) is 0 Å². The smallest absolute Gasteiger partial charge is 0.379 e. The van der Waals surface area contributed by atoms with E-state index in [1.54, 1.807) is 18.2 Å². The molecule has 0 saturated carbocycles. The van der Waals surface area contributed by atoms with Gasteiger partial charge in [0.2, 0.25) is 0 Å². The maximum absolute atomic E-state index is 15.1. The van der Waals surface area contributed by atoms with Gasteiger partial charge in [0.1, 0.15) is 5.82 Å². The van der Waals surface area contributed by atoms with E-state index in [1.807, 2.05) is 6.07 Å². The summed E-state index contributed by atoms with van der Waals surface area (Å²) in [6.45, 7) is 3.46. The van der Waals surface area contributed by atoms with E-state index in [2.05, 4.69) is 9.88 Å². The molecular weight excluding hydrogens is 596 g/mol.